The van der Waals surface area contributed by atoms with E-state index in [2.05, 4.69) is 63.6 Å². The molecule has 3 aromatic heterocycles. The number of rotatable bonds is 3. The largest absolute Gasteiger partial charge is 0.369 e. The molecule has 0 amide bonds. The second-order valence-electron chi connectivity index (χ2n) is 5.83. The van der Waals surface area contributed by atoms with Crippen LogP contribution in [-0.2, 0) is 0 Å². The molecule has 0 spiro atoms. The third-order valence-electron chi connectivity index (χ3n) is 4.23. The Morgan fingerprint density at radius 2 is 1.78 bits per heavy atom. The maximum atomic E-state index is 4.59. The van der Waals surface area contributed by atoms with Crippen LogP contribution in [-0.4, -0.2) is 43.1 Å². The Kier molecular flexibility index (Phi) is 4.16. The fourth-order valence-electron chi connectivity index (χ4n) is 2.84. The van der Waals surface area contributed by atoms with E-state index in [0.717, 1.165) is 31.9 Å². The Morgan fingerprint density at radius 1 is 0.957 bits per heavy atom. The number of aromatic nitrogens is 1. The number of hydrogen-bond donors (Lipinski definition) is 0. The normalized spacial score (nSPS) is 16.0. The van der Waals surface area contributed by atoms with Crippen molar-refractivity contribution in [3.8, 4) is 20.3 Å². The Balaban J connectivity index is 1.59. The molecule has 0 N–H and O–H groups in total. The van der Waals surface area contributed by atoms with Gasteiger partial charge in [0.25, 0.3) is 0 Å². The van der Waals surface area contributed by atoms with Gasteiger partial charge in [0.15, 0.2) is 0 Å². The molecule has 3 nitrogen and oxygen atoms in total. The van der Waals surface area contributed by atoms with Crippen LogP contribution in [0.2, 0.25) is 0 Å². The average molecular weight is 342 g/mol. The van der Waals surface area contributed by atoms with Crippen molar-refractivity contribution < 1.29 is 0 Å². The summed E-state index contributed by atoms with van der Waals surface area (Å²) in [6.45, 7) is 4.42. The van der Waals surface area contributed by atoms with Crippen molar-refractivity contribution in [2.24, 2.45) is 0 Å². The third-order valence-corrected chi connectivity index (χ3v) is 6.41. The molecule has 1 aliphatic heterocycles. The van der Waals surface area contributed by atoms with Crippen LogP contribution in [0.1, 0.15) is 0 Å². The van der Waals surface area contributed by atoms with Gasteiger partial charge < -0.3 is 9.80 Å². The Labute approximate surface area is 144 Å². The molecule has 0 saturated carbocycles. The highest BCUT2D eigenvalue weighted by Gasteiger charge is 2.15. The summed E-state index contributed by atoms with van der Waals surface area (Å²) >= 11 is 3.61. The van der Waals surface area contributed by atoms with E-state index < -0.39 is 0 Å². The van der Waals surface area contributed by atoms with Crippen molar-refractivity contribution >= 4 is 28.4 Å². The molecule has 5 heteroatoms. The highest BCUT2D eigenvalue weighted by atomic mass is 32.1. The van der Waals surface area contributed by atoms with Crippen molar-refractivity contribution in [1.82, 2.24) is 9.88 Å². The van der Waals surface area contributed by atoms with Crippen molar-refractivity contribution in [1.29, 1.82) is 0 Å². The fraction of sp³-hybridized carbons (Fsp3) is 0.278. The van der Waals surface area contributed by atoms with E-state index in [1.54, 1.807) is 11.3 Å². The van der Waals surface area contributed by atoms with E-state index >= 15 is 0 Å². The molecule has 118 valence electrons. The first-order chi connectivity index (χ1) is 11.3. The minimum absolute atomic E-state index is 1.08. The van der Waals surface area contributed by atoms with E-state index in [9.17, 15) is 0 Å². The van der Waals surface area contributed by atoms with Crippen LogP contribution < -0.4 is 4.90 Å². The molecule has 1 fully saturated rings. The van der Waals surface area contributed by atoms with Gasteiger partial charge in [0.2, 0.25) is 0 Å². The minimum Gasteiger partial charge on any atom is -0.369 e. The first-order valence-electron chi connectivity index (χ1n) is 7.83. The van der Waals surface area contributed by atoms with Crippen LogP contribution in [0.15, 0.2) is 48.0 Å². The molecule has 1 saturated heterocycles. The number of hydrogen-bond acceptors (Lipinski definition) is 5. The van der Waals surface area contributed by atoms with Crippen LogP contribution in [0, 0.1) is 0 Å². The number of likely N-dealkylation sites (N-methyl/N-ethyl adjacent to an activating group) is 1. The molecule has 3 aromatic rings. The van der Waals surface area contributed by atoms with Crippen molar-refractivity contribution in [3.63, 3.8) is 0 Å². The Bertz CT molecular complexity index is 771. The lowest BCUT2D eigenvalue weighted by Gasteiger charge is -2.34. The molecule has 0 unspecified atom stereocenters. The topological polar surface area (TPSA) is 19.4 Å². The molecule has 0 aliphatic carbocycles. The van der Waals surface area contributed by atoms with E-state index in [4.69, 9.17) is 0 Å². The van der Waals surface area contributed by atoms with Gasteiger partial charge >= 0.3 is 0 Å². The van der Waals surface area contributed by atoms with E-state index in [-0.39, 0.29) is 0 Å². The second kappa shape index (κ2) is 6.43. The summed E-state index contributed by atoms with van der Waals surface area (Å²) in [6, 6.07) is 13.0. The highest BCUT2D eigenvalue weighted by Crippen LogP contribution is 2.36. The van der Waals surface area contributed by atoms with Gasteiger partial charge in [0.05, 0.1) is 10.6 Å². The number of pyridine rings is 1. The molecular formula is C18H19N3S2. The smallest absolute Gasteiger partial charge is 0.0822 e. The van der Waals surface area contributed by atoms with Crippen LogP contribution in [0.25, 0.3) is 20.3 Å². The van der Waals surface area contributed by atoms with Gasteiger partial charge in [-0.3, -0.25) is 4.98 Å². The predicted molar refractivity (Wildman–Crippen MR) is 101 cm³/mol. The molecule has 1 aliphatic rings. The lowest BCUT2D eigenvalue weighted by molar-refractivity contribution is 0.313. The quantitative estimate of drug-likeness (QED) is 0.708. The SMILES string of the molecule is CN1CCN(c2ccnc(-c3ccc(-c4cccs4)s3)c2)CC1. The zero-order valence-electron chi connectivity index (χ0n) is 13.1. The lowest BCUT2D eigenvalue weighted by Crippen LogP contribution is -2.44. The summed E-state index contributed by atoms with van der Waals surface area (Å²) in [6.07, 6.45) is 1.94. The number of nitrogens with zero attached hydrogens (tertiary/aromatic N) is 3. The monoisotopic (exact) mass is 341 g/mol. The summed E-state index contributed by atoms with van der Waals surface area (Å²) in [4.78, 5) is 13.3. The van der Waals surface area contributed by atoms with Gasteiger partial charge in [-0.05, 0) is 42.8 Å². The Hall–Kier alpha value is -1.69. The lowest BCUT2D eigenvalue weighted by atomic mass is 10.2. The van der Waals surface area contributed by atoms with Gasteiger partial charge in [0, 0.05) is 47.8 Å². The van der Waals surface area contributed by atoms with Crippen LogP contribution in [0.4, 0.5) is 5.69 Å². The Morgan fingerprint density at radius 3 is 2.57 bits per heavy atom. The maximum absolute atomic E-state index is 4.59. The van der Waals surface area contributed by atoms with Gasteiger partial charge in [-0.2, -0.15) is 0 Å². The van der Waals surface area contributed by atoms with Crippen molar-refractivity contribution in [2.75, 3.05) is 38.1 Å². The van der Waals surface area contributed by atoms with Gasteiger partial charge in [-0.15, -0.1) is 22.7 Å². The standard InChI is InChI=1S/C18H19N3S2/c1-20-8-10-21(11-9-20)14-6-7-19-15(13-14)16-4-5-18(23-16)17-3-2-12-22-17/h2-7,12-13H,8-11H2,1H3. The van der Waals surface area contributed by atoms with Gasteiger partial charge in [-0.25, -0.2) is 0 Å². The number of piperazine rings is 1. The molecule has 0 aromatic carbocycles. The highest BCUT2D eigenvalue weighted by molar-refractivity contribution is 7.23. The summed E-state index contributed by atoms with van der Waals surface area (Å²) in [5.41, 5.74) is 2.36. The minimum atomic E-state index is 1.08. The van der Waals surface area contributed by atoms with Crippen molar-refractivity contribution in [2.45, 2.75) is 0 Å². The summed E-state index contributed by atoms with van der Waals surface area (Å²) in [5, 5.41) is 2.13. The average Bonchev–Trinajstić information content (AvgIpc) is 3.27. The molecule has 4 rings (SSSR count). The van der Waals surface area contributed by atoms with Crippen molar-refractivity contribution in [3.05, 3.63) is 48.0 Å². The van der Waals surface area contributed by atoms with Crippen LogP contribution in [0.5, 0.6) is 0 Å². The second-order valence-corrected chi connectivity index (χ2v) is 7.86. The molecule has 0 bridgehead atoms. The zero-order valence-corrected chi connectivity index (χ0v) is 14.7. The third kappa shape index (κ3) is 3.17. The summed E-state index contributed by atoms with van der Waals surface area (Å²) < 4.78 is 0. The summed E-state index contributed by atoms with van der Waals surface area (Å²) in [7, 11) is 2.19. The molecule has 4 heterocycles. The van der Waals surface area contributed by atoms with Crippen LogP contribution in [0.3, 0.4) is 0 Å². The fourth-order valence-corrected chi connectivity index (χ4v) is 4.65. The summed E-state index contributed by atoms with van der Waals surface area (Å²) in [5.74, 6) is 0. The van der Waals surface area contributed by atoms with E-state index in [1.807, 2.05) is 17.5 Å². The van der Waals surface area contributed by atoms with E-state index in [0.29, 0.717) is 0 Å². The van der Waals surface area contributed by atoms with Gasteiger partial charge in [0.1, 0.15) is 0 Å². The molecule has 0 radical (unpaired) electrons. The molecular weight excluding hydrogens is 322 g/mol. The van der Waals surface area contributed by atoms with Crippen LogP contribution >= 0.6 is 22.7 Å². The number of anilines is 1. The first kappa shape index (κ1) is 14.9. The zero-order chi connectivity index (χ0) is 15.6. The number of thiophene rings is 2. The first-order valence-corrected chi connectivity index (χ1v) is 9.53. The predicted octanol–water partition coefficient (Wildman–Crippen LogP) is 4.29. The van der Waals surface area contributed by atoms with Gasteiger partial charge in [-0.1, -0.05) is 6.07 Å². The molecule has 0 atom stereocenters. The maximum Gasteiger partial charge on any atom is 0.0822 e. The van der Waals surface area contributed by atoms with E-state index in [1.165, 1.54) is 20.3 Å². The molecule has 23 heavy (non-hydrogen) atoms.